The lowest BCUT2D eigenvalue weighted by Crippen LogP contribution is -2.69. The van der Waals surface area contributed by atoms with E-state index in [1.54, 1.807) is 0 Å². The molecule has 0 aromatic rings. The summed E-state index contributed by atoms with van der Waals surface area (Å²) in [5.41, 5.74) is 0.757. The maximum Gasteiger partial charge on any atom is 0.0350 e. The van der Waals surface area contributed by atoms with E-state index in [1.807, 2.05) is 0 Å². The van der Waals surface area contributed by atoms with E-state index in [0.717, 1.165) is 23.4 Å². The van der Waals surface area contributed by atoms with Crippen molar-refractivity contribution in [1.29, 1.82) is 0 Å². The molecule has 0 bridgehead atoms. The number of rotatable bonds is 2. The maximum atomic E-state index is 2.78. The molecule has 3 heteroatoms. The van der Waals surface area contributed by atoms with Crippen molar-refractivity contribution < 1.29 is 0 Å². The molecule has 0 aromatic heterocycles. The van der Waals surface area contributed by atoms with Gasteiger partial charge >= 0.3 is 0 Å². The summed E-state index contributed by atoms with van der Waals surface area (Å²) in [5, 5.41) is 0. The minimum atomic E-state index is 0.757. The summed E-state index contributed by atoms with van der Waals surface area (Å²) in [5.74, 6) is 0.959. The predicted molar refractivity (Wildman–Crippen MR) is 78.3 cm³/mol. The first-order chi connectivity index (χ1) is 9.13. The highest BCUT2D eigenvalue weighted by molar-refractivity contribution is 5.05. The summed E-state index contributed by atoms with van der Waals surface area (Å²) in [4.78, 5) is 7.98. The summed E-state index contributed by atoms with van der Waals surface area (Å²) in [6.45, 7) is 10.5. The summed E-state index contributed by atoms with van der Waals surface area (Å²) in [6.07, 6.45) is 5.93. The van der Waals surface area contributed by atoms with Crippen molar-refractivity contribution in [2.45, 2.75) is 44.7 Å². The van der Waals surface area contributed by atoms with E-state index in [0.29, 0.717) is 0 Å². The standard InChI is InChI=1S/C16H29N3/c1-13-9-18(10-13)15-11-19(12-15)14-7-16(8-14)3-5-17(2)6-4-16/h13-15H,3-12H2,1-2H3. The van der Waals surface area contributed by atoms with E-state index in [-0.39, 0.29) is 0 Å². The van der Waals surface area contributed by atoms with Crippen molar-refractivity contribution in [3.8, 4) is 0 Å². The average Bonchev–Trinajstić information content (AvgIpc) is 2.25. The molecule has 0 N–H and O–H groups in total. The molecule has 4 aliphatic rings. The molecule has 0 atom stereocenters. The van der Waals surface area contributed by atoms with Crippen LogP contribution in [0, 0.1) is 11.3 Å². The molecule has 0 amide bonds. The van der Waals surface area contributed by atoms with Crippen molar-refractivity contribution in [3.05, 3.63) is 0 Å². The molecule has 4 rings (SSSR count). The molecule has 3 aliphatic heterocycles. The first-order valence-electron chi connectivity index (χ1n) is 8.30. The van der Waals surface area contributed by atoms with Gasteiger partial charge in [0, 0.05) is 38.3 Å². The summed E-state index contributed by atoms with van der Waals surface area (Å²) in [6, 6.07) is 1.85. The second kappa shape index (κ2) is 4.44. The molecule has 3 saturated heterocycles. The van der Waals surface area contributed by atoms with Crippen LogP contribution in [0.4, 0.5) is 0 Å². The first-order valence-corrected chi connectivity index (χ1v) is 8.30. The van der Waals surface area contributed by atoms with Gasteiger partial charge in [-0.25, -0.2) is 0 Å². The van der Waals surface area contributed by atoms with Gasteiger partial charge in [-0.2, -0.15) is 0 Å². The van der Waals surface area contributed by atoms with Crippen molar-refractivity contribution in [2.75, 3.05) is 46.3 Å². The van der Waals surface area contributed by atoms with Gasteiger partial charge < -0.3 is 4.90 Å². The lowest BCUT2D eigenvalue weighted by Gasteiger charge is -2.60. The summed E-state index contributed by atoms with van der Waals surface area (Å²) >= 11 is 0. The van der Waals surface area contributed by atoms with Gasteiger partial charge in [0.2, 0.25) is 0 Å². The third-order valence-electron chi connectivity index (χ3n) is 6.40. The molecule has 0 radical (unpaired) electrons. The van der Waals surface area contributed by atoms with Crippen molar-refractivity contribution in [2.24, 2.45) is 11.3 Å². The van der Waals surface area contributed by atoms with Gasteiger partial charge in [-0.1, -0.05) is 6.92 Å². The van der Waals surface area contributed by atoms with E-state index in [4.69, 9.17) is 0 Å². The smallest absolute Gasteiger partial charge is 0.0350 e. The van der Waals surface area contributed by atoms with Crippen LogP contribution in [0.5, 0.6) is 0 Å². The van der Waals surface area contributed by atoms with Crippen LogP contribution in [0.3, 0.4) is 0 Å². The molecule has 108 valence electrons. The fraction of sp³-hybridized carbons (Fsp3) is 1.00. The van der Waals surface area contributed by atoms with Crippen LogP contribution in [0.2, 0.25) is 0 Å². The number of nitrogens with zero attached hydrogens (tertiary/aromatic N) is 3. The van der Waals surface area contributed by atoms with Gasteiger partial charge in [0.15, 0.2) is 0 Å². The first kappa shape index (κ1) is 12.6. The van der Waals surface area contributed by atoms with Crippen LogP contribution in [-0.4, -0.2) is 73.1 Å². The molecule has 0 aromatic carbocycles. The van der Waals surface area contributed by atoms with Gasteiger partial charge in [-0.3, -0.25) is 9.80 Å². The molecule has 1 saturated carbocycles. The summed E-state index contributed by atoms with van der Waals surface area (Å²) in [7, 11) is 2.27. The van der Waals surface area contributed by atoms with Crippen molar-refractivity contribution in [3.63, 3.8) is 0 Å². The van der Waals surface area contributed by atoms with Crippen LogP contribution in [0.1, 0.15) is 32.6 Å². The third kappa shape index (κ3) is 2.14. The zero-order chi connectivity index (χ0) is 13.0. The highest BCUT2D eigenvalue weighted by Crippen LogP contribution is 2.51. The molecule has 3 nitrogen and oxygen atoms in total. The van der Waals surface area contributed by atoms with Crippen LogP contribution in [0.25, 0.3) is 0 Å². The number of hydrogen-bond donors (Lipinski definition) is 0. The topological polar surface area (TPSA) is 9.72 Å². The number of hydrogen-bond acceptors (Lipinski definition) is 3. The zero-order valence-corrected chi connectivity index (χ0v) is 12.6. The van der Waals surface area contributed by atoms with E-state index in [2.05, 4.69) is 28.7 Å². The minimum absolute atomic E-state index is 0.757. The van der Waals surface area contributed by atoms with Gasteiger partial charge in [-0.15, -0.1) is 0 Å². The average molecular weight is 263 g/mol. The Bertz CT molecular complexity index is 328. The Hall–Kier alpha value is -0.120. The molecule has 19 heavy (non-hydrogen) atoms. The molecule has 4 fully saturated rings. The summed E-state index contributed by atoms with van der Waals surface area (Å²) < 4.78 is 0. The largest absolute Gasteiger partial charge is 0.306 e. The van der Waals surface area contributed by atoms with E-state index >= 15 is 0 Å². The fourth-order valence-corrected chi connectivity index (χ4v) is 4.76. The second-order valence-corrected chi connectivity index (χ2v) is 8.03. The number of piperidine rings is 1. The van der Waals surface area contributed by atoms with E-state index < -0.39 is 0 Å². The quantitative estimate of drug-likeness (QED) is 0.747. The Labute approximate surface area is 117 Å². The second-order valence-electron chi connectivity index (χ2n) is 8.03. The Morgan fingerprint density at radius 2 is 1.42 bits per heavy atom. The molecule has 0 unspecified atom stereocenters. The minimum Gasteiger partial charge on any atom is -0.306 e. The Balaban J connectivity index is 1.21. The lowest BCUT2D eigenvalue weighted by atomic mass is 9.59. The van der Waals surface area contributed by atoms with Crippen molar-refractivity contribution in [1.82, 2.24) is 14.7 Å². The molecular formula is C16H29N3. The van der Waals surface area contributed by atoms with E-state index in [9.17, 15) is 0 Å². The Morgan fingerprint density at radius 1 is 0.842 bits per heavy atom. The molecule has 1 spiro atoms. The number of likely N-dealkylation sites (tertiary alicyclic amines) is 3. The van der Waals surface area contributed by atoms with Crippen LogP contribution in [0.15, 0.2) is 0 Å². The third-order valence-corrected chi connectivity index (χ3v) is 6.40. The monoisotopic (exact) mass is 263 g/mol. The van der Waals surface area contributed by atoms with Gasteiger partial charge in [0.1, 0.15) is 0 Å². The lowest BCUT2D eigenvalue weighted by molar-refractivity contribution is -0.103. The Kier molecular flexibility index (Phi) is 2.95. The van der Waals surface area contributed by atoms with Gasteiger partial charge in [0.05, 0.1) is 0 Å². The predicted octanol–water partition coefficient (Wildman–Crippen LogP) is 1.50. The molecular weight excluding hydrogens is 234 g/mol. The van der Waals surface area contributed by atoms with Crippen LogP contribution >= 0.6 is 0 Å². The van der Waals surface area contributed by atoms with Crippen molar-refractivity contribution >= 4 is 0 Å². The molecule has 1 aliphatic carbocycles. The normalized spacial score (nSPS) is 35.1. The highest BCUT2D eigenvalue weighted by Gasteiger charge is 2.50. The van der Waals surface area contributed by atoms with Crippen LogP contribution < -0.4 is 0 Å². The van der Waals surface area contributed by atoms with Gasteiger partial charge in [-0.05, 0) is 57.2 Å². The zero-order valence-electron chi connectivity index (χ0n) is 12.6. The van der Waals surface area contributed by atoms with E-state index in [1.165, 1.54) is 65.0 Å². The fourth-order valence-electron chi connectivity index (χ4n) is 4.76. The SMILES string of the molecule is CC1CN(C2CN(C3CC4(CCN(C)CC4)C3)C2)C1. The van der Waals surface area contributed by atoms with Crippen LogP contribution in [-0.2, 0) is 0 Å². The Morgan fingerprint density at radius 3 is 2.00 bits per heavy atom. The molecule has 3 heterocycles. The maximum absolute atomic E-state index is 2.78. The van der Waals surface area contributed by atoms with Gasteiger partial charge in [0.25, 0.3) is 0 Å². The highest BCUT2D eigenvalue weighted by atomic mass is 15.4.